The van der Waals surface area contributed by atoms with E-state index in [-0.39, 0.29) is 0 Å². The van der Waals surface area contributed by atoms with Crippen molar-refractivity contribution in [1.82, 2.24) is 14.9 Å². The normalized spacial score (nSPS) is 11.2. The molecule has 0 saturated heterocycles. The number of thioether (sulfide) groups is 1. The Bertz CT molecular complexity index is 1010. The maximum absolute atomic E-state index is 5.73. The van der Waals surface area contributed by atoms with Gasteiger partial charge in [0.25, 0.3) is 0 Å². The van der Waals surface area contributed by atoms with Crippen molar-refractivity contribution in [1.29, 1.82) is 0 Å². The van der Waals surface area contributed by atoms with Crippen LogP contribution in [0.2, 0.25) is 0 Å². The van der Waals surface area contributed by atoms with E-state index >= 15 is 0 Å². The molecule has 2 aromatic carbocycles. The summed E-state index contributed by atoms with van der Waals surface area (Å²) in [6.45, 7) is 4.86. The van der Waals surface area contributed by atoms with E-state index in [9.17, 15) is 0 Å². The molecule has 1 heterocycles. The van der Waals surface area contributed by atoms with Gasteiger partial charge in [-0.2, -0.15) is 9.78 Å². The lowest BCUT2D eigenvalue weighted by atomic mass is 10.2. The first-order chi connectivity index (χ1) is 15.1. The van der Waals surface area contributed by atoms with Crippen molar-refractivity contribution >= 4 is 33.9 Å². The molecule has 8 heteroatoms. The van der Waals surface area contributed by atoms with Gasteiger partial charge in [0.05, 0.1) is 19.9 Å². The van der Waals surface area contributed by atoms with Gasteiger partial charge in [0.1, 0.15) is 0 Å². The molecule has 0 radical (unpaired) electrons. The van der Waals surface area contributed by atoms with Gasteiger partial charge in [-0.05, 0) is 54.3 Å². The predicted molar refractivity (Wildman–Crippen MR) is 129 cm³/mol. The molecule has 0 bridgehead atoms. The average molecular weight is 503 g/mol. The number of hydrogen-bond acceptors (Lipinski definition) is 6. The second-order valence-corrected chi connectivity index (χ2v) is 8.74. The number of hydrogen-bond donors (Lipinski definition) is 0. The van der Waals surface area contributed by atoms with Crippen molar-refractivity contribution in [3.05, 3.63) is 63.9 Å². The van der Waals surface area contributed by atoms with Crippen LogP contribution >= 0.6 is 27.7 Å². The molecule has 0 amide bonds. The van der Waals surface area contributed by atoms with E-state index in [0.717, 1.165) is 51.8 Å². The van der Waals surface area contributed by atoms with Crippen LogP contribution in [0.3, 0.4) is 0 Å². The third-order valence-corrected chi connectivity index (χ3v) is 5.92. The second-order valence-electron chi connectivity index (χ2n) is 6.88. The summed E-state index contributed by atoms with van der Waals surface area (Å²) in [6, 6.07) is 14.1. The van der Waals surface area contributed by atoms with Crippen LogP contribution in [-0.4, -0.2) is 34.8 Å². The van der Waals surface area contributed by atoms with Crippen LogP contribution in [0, 0.1) is 0 Å². The van der Waals surface area contributed by atoms with Crippen LogP contribution in [0.5, 0.6) is 11.5 Å². The Balaban J connectivity index is 1.79. The molecule has 0 atom stereocenters. The first-order valence-corrected chi connectivity index (χ1v) is 12.1. The molecular weight excluding hydrogens is 476 g/mol. The maximum Gasteiger partial charge on any atom is 0.212 e. The summed E-state index contributed by atoms with van der Waals surface area (Å²) in [5.74, 6) is 3.08. The molecule has 0 aliphatic rings. The summed E-state index contributed by atoms with van der Waals surface area (Å²) in [7, 11) is 1.64. The highest BCUT2D eigenvalue weighted by molar-refractivity contribution is 9.10. The van der Waals surface area contributed by atoms with Crippen molar-refractivity contribution in [3.8, 4) is 11.5 Å². The zero-order chi connectivity index (χ0) is 22.1. The van der Waals surface area contributed by atoms with Gasteiger partial charge in [0, 0.05) is 16.6 Å². The van der Waals surface area contributed by atoms with E-state index < -0.39 is 0 Å². The lowest BCUT2D eigenvalue weighted by Crippen LogP contribution is -2.01. The number of halogens is 1. The molecule has 0 aliphatic heterocycles. The van der Waals surface area contributed by atoms with Crippen LogP contribution in [0.15, 0.2) is 57.2 Å². The topological polar surface area (TPSA) is 61.5 Å². The van der Waals surface area contributed by atoms with E-state index in [1.165, 1.54) is 5.56 Å². The molecule has 0 unspecified atom stereocenters. The molecule has 1 aromatic heterocycles. The Labute approximate surface area is 196 Å². The second kappa shape index (κ2) is 11.9. The highest BCUT2D eigenvalue weighted by Gasteiger charge is 2.12. The van der Waals surface area contributed by atoms with Crippen molar-refractivity contribution in [3.63, 3.8) is 0 Å². The number of aromatic nitrogens is 3. The van der Waals surface area contributed by atoms with Crippen LogP contribution in [0.25, 0.3) is 0 Å². The molecule has 3 rings (SSSR count). The lowest BCUT2D eigenvalue weighted by Gasteiger charge is -2.10. The minimum Gasteiger partial charge on any atom is -0.493 e. The van der Waals surface area contributed by atoms with Gasteiger partial charge in [0.15, 0.2) is 17.3 Å². The Morgan fingerprint density at radius 3 is 2.58 bits per heavy atom. The summed E-state index contributed by atoms with van der Waals surface area (Å²) in [5, 5.41) is 14.2. The summed E-state index contributed by atoms with van der Waals surface area (Å²) in [6.07, 6.45) is 4.54. The quantitative estimate of drug-likeness (QED) is 0.239. The Hall–Kier alpha value is -2.32. The molecular formula is C23H27BrN4O2S. The third kappa shape index (κ3) is 6.58. The summed E-state index contributed by atoms with van der Waals surface area (Å²) >= 11 is 5.10. The van der Waals surface area contributed by atoms with Crippen LogP contribution in [0.1, 0.15) is 43.6 Å². The van der Waals surface area contributed by atoms with Gasteiger partial charge in [0.2, 0.25) is 5.16 Å². The smallest absolute Gasteiger partial charge is 0.212 e. The summed E-state index contributed by atoms with van der Waals surface area (Å²) in [4.78, 5) is 0. The molecule has 0 saturated carbocycles. The number of rotatable bonds is 11. The first-order valence-electron chi connectivity index (χ1n) is 10.3. The Kier molecular flexibility index (Phi) is 8.97. The zero-order valence-corrected chi connectivity index (χ0v) is 20.4. The van der Waals surface area contributed by atoms with Gasteiger partial charge < -0.3 is 9.47 Å². The number of benzene rings is 2. The first kappa shape index (κ1) is 23.3. The molecule has 164 valence electrons. The predicted octanol–water partition coefficient (Wildman–Crippen LogP) is 5.97. The highest BCUT2D eigenvalue weighted by atomic mass is 79.9. The highest BCUT2D eigenvalue weighted by Crippen LogP contribution is 2.28. The molecule has 0 fully saturated rings. The van der Waals surface area contributed by atoms with E-state index in [4.69, 9.17) is 14.6 Å². The fourth-order valence-electron chi connectivity index (χ4n) is 2.83. The summed E-state index contributed by atoms with van der Waals surface area (Å²) < 4.78 is 14.1. The molecule has 6 nitrogen and oxygen atoms in total. The summed E-state index contributed by atoms with van der Waals surface area (Å²) in [5.41, 5.74) is 2.14. The van der Waals surface area contributed by atoms with E-state index in [1.807, 2.05) is 35.0 Å². The maximum atomic E-state index is 5.73. The number of aryl methyl sites for hydroxylation is 1. The van der Waals surface area contributed by atoms with Gasteiger partial charge in [-0.3, -0.25) is 0 Å². The standard InChI is InChI=1S/C23H27BrN4O2S/c1-4-6-22-26-27-23(31-16-17-7-10-19(24)11-8-17)28(22)25-15-18-9-12-20(30-13-5-2)21(14-18)29-3/h7-12,14-15H,4-6,13,16H2,1-3H3/b25-15+. The molecule has 31 heavy (non-hydrogen) atoms. The molecule has 0 aliphatic carbocycles. The van der Waals surface area contributed by atoms with Crippen LogP contribution in [0.4, 0.5) is 0 Å². The minimum atomic E-state index is 0.657. The van der Waals surface area contributed by atoms with E-state index in [2.05, 4.69) is 52.1 Å². The van der Waals surface area contributed by atoms with Crippen molar-refractivity contribution < 1.29 is 9.47 Å². The molecule has 0 spiro atoms. The van der Waals surface area contributed by atoms with E-state index in [1.54, 1.807) is 25.1 Å². The van der Waals surface area contributed by atoms with E-state index in [0.29, 0.717) is 12.4 Å². The van der Waals surface area contributed by atoms with Crippen molar-refractivity contribution in [2.75, 3.05) is 13.7 Å². The third-order valence-electron chi connectivity index (χ3n) is 4.40. The minimum absolute atomic E-state index is 0.657. The fraction of sp³-hybridized carbons (Fsp3) is 0.348. The van der Waals surface area contributed by atoms with Gasteiger partial charge in [-0.15, -0.1) is 10.2 Å². The zero-order valence-electron chi connectivity index (χ0n) is 18.0. The van der Waals surface area contributed by atoms with Crippen molar-refractivity contribution in [2.45, 2.75) is 44.0 Å². The van der Waals surface area contributed by atoms with Crippen LogP contribution in [-0.2, 0) is 12.2 Å². The lowest BCUT2D eigenvalue weighted by molar-refractivity contribution is 0.294. The van der Waals surface area contributed by atoms with Crippen molar-refractivity contribution in [2.24, 2.45) is 5.10 Å². The average Bonchev–Trinajstić information content (AvgIpc) is 3.17. The Morgan fingerprint density at radius 2 is 1.87 bits per heavy atom. The fourth-order valence-corrected chi connectivity index (χ4v) is 3.96. The number of ether oxygens (including phenoxy) is 2. The van der Waals surface area contributed by atoms with Gasteiger partial charge in [-0.25, -0.2) is 0 Å². The van der Waals surface area contributed by atoms with Gasteiger partial charge in [-0.1, -0.05) is 53.7 Å². The van der Waals surface area contributed by atoms with Crippen LogP contribution < -0.4 is 9.47 Å². The monoisotopic (exact) mass is 502 g/mol. The molecule has 3 aromatic rings. The molecule has 0 N–H and O–H groups in total. The van der Waals surface area contributed by atoms with Gasteiger partial charge >= 0.3 is 0 Å². The largest absolute Gasteiger partial charge is 0.493 e. The SMILES string of the molecule is CCCOc1ccc(/C=N/n2c(CCC)nnc2SCc2ccc(Br)cc2)cc1OC. The number of methoxy groups -OCH3 is 1. The Morgan fingerprint density at radius 1 is 1.06 bits per heavy atom. The number of nitrogens with zero attached hydrogens (tertiary/aromatic N) is 4.